The van der Waals surface area contributed by atoms with E-state index < -0.39 is 6.03 Å². The molecule has 0 aliphatic rings. The van der Waals surface area contributed by atoms with Crippen LogP contribution in [0, 0.1) is 0 Å². The topological polar surface area (TPSA) is 76.4 Å². The summed E-state index contributed by atoms with van der Waals surface area (Å²) in [6, 6.07) is 0.0219. The highest BCUT2D eigenvalue weighted by atomic mass is 16.5. The molecule has 0 saturated heterocycles. The maximum absolute atomic E-state index is 10.3. The molecule has 0 aromatic rings. The van der Waals surface area contributed by atoms with Gasteiger partial charge in [0.25, 0.3) is 0 Å². The predicted octanol–water partition coefficient (Wildman–Crippen LogP) is 0.0594. The summed E-state index contributed by atoms with van der Waals surface area (Å²) in [7, 11) is 0. The zero-order chi connectivity index (χ0) is 10.8. The van der Waals surface area contributed by atoms with Crippen LogP contribution in [0.1, 0.15) is 20.3 Å². The van der Waals surface area contributed by atoms with Gasteiger partial charge in [0.1, 0.15) is 0 Å². The number of urea groups is 1. The molecule has 0 heterocycles. The van der Waals surface area contributed by atoms with E-state index in [0.717, 1.165) is 13.0 Å². The molecule has 5 heteroatoms. The fourth-order valence-corrected chi connectivity index (χ4v) is 0.870. The van der Waals surface area contributed by atoms with E-state index in [2.05, 4.69) is 24.5 Å². The Balaban J connectivity index is 3.02. The number of carbonyl (C=O) groups excluding carboxylic acids is 1. The maximum atomic E-state index is 10.3. The Hall–Kier alpha value is -0.810. The molecular formula is C9H21N3O2. The number of rotatable bonds is 8. The predicted molar refractivity (Wildman–Crippen MR) is 56.2 cm³/mol. The first kappa shape index (κ1) is 13.2. The fourth-order valence-electron chi connectivity index (χ4n) is 0.870. The molecule has 2 amide bonds. The van der Waals surface area contributed by atoms with Crippen LogP contribution in [0.15, 0.2) is 0 Å². The van der Waals surface area contributed by atoms with Gasteiger partial charge in [-0.1, -0.05) is 6.92 Å². The van der Waals surface area contributed by atoms with Crippen LogP contribution in [0.4, 0.5) is 4.79 Å². The van der Waals surface area contributed by atoms with E-state index in [1.165, 1.54) is 0 Å². The SMILES string of the molecule is CCC(C)NCCOCCNC(N)=O. The molecule has 84 valence electrons. The summed E-state index contributed by atoms with van der Waals surface area (Å²) in [4.78, 5) is 10.3. The van der Waals surface area contributed by atoms with E-state index >= 15 is 0 Å². The third-order valence-electron chi connectivity index (χ3n) is 1.90. The minimum Gasteiger partial charge on any atom is -0.378 e. The molecule has 0 aromatic carbocycles. The van der Waals surface area contributed by atoms with Gasteiger partial charge in [-0.25, -0.2) is 4.79 Å². The number of nitrogens with one attached hydrogen (secondary N) is 2. The zero-order valence-electron chi connectivity index (χ0n) is 9.01. The molecule has 0 aromatic heterocycles. The smallest absolute Gasteiger partial charge is 0.312 e. The third-order valence-corrected chi connectivity index (χ3v) is 1.90. The number of hydrogen-bond acceptors (Lipinski definition) is 3. The number of carbonyl (C=O) groups is 1. The molecule has 5 nitrogen and oxygen atoms in total. The van der Waals surface area contributed by atoms with Gasteiger partial charge in [0, 0.05) is 19.1 Å². The monoisotopic (exact) mass is 203 g/mol. The fraction of sp³-hybridized carbons (Fsp3) is 0.889. The summed E-state index contributed by atoms with van der Waals surface area (Å²) in [6.45, 7) is 6.74. The molecule has 0 bridgehead atoms. The second-order valence-corrected chi connectivity index (χ2v) is 3.17. The molecule has 14 heavy (non-hydrogen) atoms. The van der Waals surface area contributed by atoms with E-state index in [9.17, 15) is 4.79 Å². The van der Waals surface area contributed by atoms with Crippen LogP contribution in [0.3, 0.4) is 0 Å². The van der Waals surface area contributed by atoms with Gasteiger partial charge >= 0.3 is 6.03 Å². The number of ether oxygens (including phenoxy) is 1. The van der Waals surface area contributed by atoms with Crippen molar-refractivity contribution >= 4 is 6.03 Å². The lowest BCUT2D eigenvalue weighted by Crippen LogP contribution is -2.33. The Morgan fingerprint density at radius 2 is 2.07 bits per heavy atom. The average molecular weight is 203 g/mol. The normalized spacial score (nSPS) is 12.4. The Labute approximate surface area is 85.4 Å². The van der Waals surface area contributed by atoms with Crippen molar-refractivity contribution < 1.29 is 9.53 Å². The van der Waals surface area contributed by atoms with Gasteiger partial charge in [0.05, 0.1) is 13.2 Å². The lowest BCUT2D eigenvalue weighted by Gasteiger charge is -2.11. The molecule has 1 atom stereocenters. The van der Waals surface area contributed by atoms with Crippen LogP contribution >= 0.6 is 0 Å². The highest BCUT2D eigenvalue weighted by Crippen LogP contribution is 1.85. The van der Waals surface area contributed by atoms with E-state index in [4.69, 9.17) is 10.5 Å². The molecule has 0 aliphatic heterocycles. The summed E-state index contributed by atoms with van der Waals surface area (Å²) in [5, 5.41) is 5.74. The zero-order valence-corrected chi connectivity index (χ0v) is 9.01. The van der Waals surface area contributed by atoms with Crippen molar-refractivity contribution in [3.8, 4) is 0 Å². The van der Waals surface area contributed by atoms with E-state index in [1.807, 2.05) is 0 Å². The van der Waals surface area contributed by atoms with Gasteiger partial charge in [-0.05, 0) is 13.3 Å². The Morgan fingerprint density at radius 1 is 1.43 bits per heavy atom. The van der Waals surface area contributed by atoms with E-state index in [-0.39, 0.29) is 0 Å². The Kier molecular flexibility index (Phi) is 8.27. The second kappa shape index (κ2) is 8.77. The molecule has 0 aliphatic carbocycles. The first-order chi connectivity index (χ1) is 6.66. The number of primary amides is 1. The molecule has 4 N–H and O–H groups in total. The second-order valence-electron chi connectivity index (χ2n) is 3.17. The largest absolute Gasteiger partial charge is 0.378 e. The maximum Gasteiger partial charge on any atom is 0.312 e. The summed E-state index contributed by atoms with van der Waals surface area (Å²) < 4.78 is 5.25. The van der Waals surface area contributed by atoms with E-state index in [1.54, 1.807) is 0 Å². The minimum absolute atomic E-state index is 0.471. The molecule has 1 unspecified atom stereocenters. The number of nitrogens with two attached hydrogens (primary N) is 1. The summed E-state index contributed by atoms with van der Waals surface area (Å²) in [6.07, 6.45) is 1.11. The average Bonchev–Trinajstić information content (AvgIpc) is 2.15. The van der Waals surface area contributed by atoms with Gasteiger partial charge in [-0.3, -0.25) is 0 Å². The minimum atomic E-state index is -0.508. The lowest BCUT2D eigenvalue weighted by atomic mass is 10.3. The van der Waals surface area contributed by atoms with Crippen LogP contribution < -0.4 is 16.4 Å². The lowest BCUT2D eigenvalue weighted by molar-refractivity contribution is 0.136. The third kappa shape index (κ3) is 9.28. The van der Waals surface area contributed by atoms with Gasteiger partial charge in [0.15, 0.2) is 0 Å². The molecular weight excluding hydrogens is 182 g/mol. The summed E-state index contributed by atoms with van der Waals surface area (Å²) >= 11 is 0. The van der Waals surface area contributed by atoms with Crippen LogP contribution in [0.5, 0.6) is 0 Å². The molecule has 0 fully saturated rings. The van der Waals surface area contributed by atoms with Crippen molar-refractivity contribution in [2.45, 2.75) is 26.3 Å². The van der Waals surface area contributed by atoms with Crippen LogP contribution in [-0.2, 0) is 4.74 Å². The standard InChI is InChI=1S/C9H21N3O2/c1-3-8(2)11-4-6-14-7-5-12-9(10)13/h8,11H,3-7H2,1-2H3,(H3,10,12,13). The van der Waals surface area contributed by atoms with E-state index in [0.29, 0.717) is 25.8 Å². The van der Waals surface area contributed by atoms with Crippen molar-refractivity contribution in [3.63, 3.8) is 0 Å². The van der Waals surface area contributed by atoms with Gasteiger partial charge in [-0.15, -0.1) is 0 Å². The van der Waals surface area contributed by atoms with Gasteiger partial charge in [0.2, 0.25) is 0 Å². The molecule has 0 rings (SSSR count). The van der Waals surface area contributed by atoms with Crippen molar-refractivity contribution in [2.75, 3.05) is 26.3 Å². The molecule has 0 radical (unpaired) electrons. The van der Waals surface area contributed by atoms with Crippen molar-refractivity contribution in [1.82, 2.24) is 10.6 Å². The van der Waals surface area contributed by atoms with Crippen LogP contribution in [-0.4, -0.2) is 38.4 Å². The quantitative estimate of drug-likeness (QED) is 0.488. The van der Waals surface area contributed by atoms with Crippen LogP contribution in [0.25, 0.3) is 0 Å². The summed E-state index contributed by atoms with van der Waals surface area (Å²) in [5.74, 6) is 0. The van der Waals surface area contributed by atoms with Gasteiger partial charge in [-0.2, -0.15) is 0 Å². The Bertz CT molecular complexity index is 153. The first-order valence-corrected chi connectivity index (χ1v) is 5.01. The first-order valence-electron chi connectivity index (χ1n) is 5.01. The number of amides is 2. The van der Waals surface area contributed by atoms with Crippen LogP contribution in [0.2, 0.25) is 0 Å². The van der Waals surface area contributed by atoms with Crippen molar-refractivity contribution in [3.05, 3.63) is 0 Å². The highest BCUT2D eigenvalue weighted by Gasteiger charge is 1.96. The van der Waals surface area contributed by atoms with Gasteiger partial charge < -0.3 is 21.1 Å². The molecule has 0 spiro atoms. The van der Waals surface area contributed by atoms with Crippen molar-refractivity contribution in [1.29, 1.82) is 0 Å². The highest BCUT2D eigenvalue weighted by molar-refractivity contribution is 5.71. The number of hydrogen-bond donors (Lipinski definition) is 3. The Morgan fingerprint density at radius 3 is 2.64 bits per heavy atom. The molecule has 0 saturated carbocycles. The van der Waals surface area contributed by atoms with Crippen molar-refractivity contribution in [2.24, 2.45) is 5.73 Å². The summed E-state index contributed by atoms with van der Waals surface area (Å²) in [5.41, 5.74) is 4.87.